The fourth-order valence-corrected chi connectivity index (χ4v) is 3.96. The monoisotopic (exact) mass is 408 g/mol. The Morgan fingerprint density at radius 2 is 1.97 bits per heavy atom. The number of piperidine rings is 1. The quantitative estimate of drug-likeness (QED) is 0.508. The van der Waals surface area contributed by atoms with Crippen molar-refractivity contribution in [2.45, 2.75) is 18.6 Å². The number of hydrogen-bond donors (Lipinski definition) is 3. The van der Waals surface area contributed by atoms with Gasteiger partial charge in [-0.15, -0.1) is 0 Å². The first-order chi connectivity index (χ1) is 14.7. The smallest absolute Gasteiger partial charge is 0.248 e. The number of rotatable bonds is 5. The van der Waals surface area contributed by atoms with Crippen LogP contribution in [0.15, 0.2) is 60.8 Å². The van der Waals surface area contributed by atoms with Gasteiger partial charge < -0.3 is 15.0 Å². The molecule has 1 saturated heterocycles. The Bertz CT molecular complexity index is 919. The number of amides is 2. The third-order valence-corrected chi connectivity index (χ3v) is 5.50. The van der Waals surface area contributed by atoms with Gasteiger partial charge in [0.1, 0.15) is 6.10 Å². The van der Waals surface area contributed by atoms with Gasteiger partial charge in [0.2, 0.25) is 17.7 Å². The molecule has 0 unspecified atom stereocenters. The highest BCUT2D eigenvalue weighted by Crippen LogP contribution is 2.26. The van der Waals surface area contributed by atoms with E-state index in [2.05, 4.69) is 10.3 Å². The number of carbonyl (C=O) groups excluding carboxylic acids is 2. The van der Waals surface area contributed by atoms with Crippen molar-refractivity contribution in [1.29, 1.82) is 0 Å². The molecular weight excluding hydrogens is 384 g/mol. The fourth-order valence-electron chi connectivity index (χ4n) is 3.96. The molecule has 2 aliphatic heterocycles. The van der Waals surface area contributed by atoms with E-state index in [0.29, 0.717) is 31.9 Å². The molecule has 0 aliphatic carbocycles. The van der Waals surface area contributed by atoms with Crippen molar-refractivity contribution >= 4 is 17.4 Å². The summed E-state index contributed by atoms with van der Waals surface area (Å²) in [6.07, 6.45) is 3.60. The van der Waals surface area contributed by atoms with Gasteiger partial charge in [0.25, 0.3) is 0 Å². The van der Waals surface area contributed by atoms with Crippen LogP contribution in [0.1, 0.15) is 12.0 Å². The fraction of sp³-hybridized carbons (Fsp3) is 0.318. The van der Waals surface area contributed by atoms with E-state index < -0.39 is 17.9 Å². The normalized spacial score (nSPS) is 23.6. The Morgan fingerprint density at radius 3 is 2.70 bits per heavy atom. The third-order valence-electron chi connectivity index (χ3n) is 5.50. The number of carbonyl (C=O) groups is 2. The van der Waals surface area contributed by atoms with Crippen molar-refractivity contribution < 1.29 is 19.5 Å². The van der Waals surface area contributed by atoms with E-state index in [4.69, 9.17) is 4.74 Å². The summed E-state index contributed by atoms with van der Waals surface area (Å²) in [6.45, 7) is 1.37. The average Bonchev–Trinajstić information content (AvgIpc) is 3.30. The number of hydrogen-bond acceptors (Lipinski definition) is 6. The standard InChI is InChI=1S/C22H24N4O4/c27-21(25-29)18-12-17(30-19-8-4-5-10-23-19)13-24-20(18)22(28)26-11-9-16(14-26)15-6-2-1-3-7-15/h1-10,17-18,20,24,29H,11-14H2,(H,25,27)/t17-,18-,20-/m0/s1. The molecule has 8 nitrogen and oxygen atoms in total. The lowest BCUT2D eigenvalue weighted by molar-refractivity contribution is -0.144. The van der Waals surface area contributed by atoms with Gasteiger partial charge in [0.05, 0.1) is 12.0 Å². The summed E-state index contributed by atoms with van der Waals surface area (Å²) in [5.41, 5.74) is 3.86. The van der Waals surface area contributed by atoms with Crippen LogP contribution in [0.25, 0.3) is 5.57 Å². The molecule has 2 aliphatic rings. The van der Waals surface area contributed by atoms with Gasteiger partial charge in [-0.05, 0) is 23.6 Å². The lowest BCUT2D eigenvalue weighted by atomic mass is 9.87. The zero-order valence-corrected chi connectivity index (χ0v) is 16.4. The van der Waals surface area contributed by atoms with E-state index in [1.807, 2.05) is 42.5 Å². The minimum absolute atomic E-state index is 0.165. The van der Waals surface area contributed by atoms with Crippen molar-refractivity contribution in [3.63, 3.8) is 0 Å². The maximum Gasteiger partial charge on any atom is 0.248 e. The maximum absolute atomic E-state index is 13.2. The predicted octanol–water partition coefficient (Wildman–Crippen LogP) is 1.24. The molecular formula is C22H24N4O4. The van der Waals surface area contributed by atoms with Crippen LogP contribution in [0.3, 0.4) is 0 Å². The van der Waals surface area contributed by atoms with Gasteiger partial charge in [-0.1, -0.05) is 42.5 Å². The van der Waals surface area contributed by atoms with Crippen molar-refractivity contribution in [2.75, 3.05) is 19.6 Å². The Labute approximate surface area is 174 Å². The van der Waals surface area contributed by atoms with Gasteiger partial charge in [0, 0.05) is 31.9 Å². The number of nitrogens with one attached hydrogen (secondary N) is 2. The van der Waals surface area contributed by atoms with E-state index in [1.54, 1.807) is 28.7 Å². The maximum atomic E-state index is 13.2. The second kappa shape index (κ2) is 9.06. The molecule has 2 aromatic rings. The van der Waals surface area contributed by atoms with E-state index in [9.17, 15) is 14.8 Å². The first-order valence-electron chi connectivity index (χ1n) is 9.94. The molecule has 0 saturated carbocycles. The second-order valence-corrected chi connectivity index (χ2v) is 7.43. The van der Waals surface area contributed by atoms with Crippen molar-refractivity contribution in [3.8, 4) is 5.88 Å². The van der Waals surface area contributed by atoms with E-state index >= 15 is 0 Å². The lowest BCUT2D eigenvalue weighted by Crippen LogP contribution is -2.60. The summed E-state index contributed by atoms with van der Waals surface area (Å²) < 4.78 is 5.84. The zero-order chi connectivity index (χ0) is 20.9. The largest absolute Gasteiger partial charge is 0.473 e. The summed E-state index contributed by atoms with van der Waals surface area (Å²) in [4.78, 5) is 31.4. The second-order valence-electron chi connectivity index (χ2n) is 7.43. The predicted molar refractivity (Wildman–Crippen MR) is 109 cm³/mol. The van der Waals surface area contributed by atoms with Crippen molar-refractivity contribution in [2.24, 2.45) is 5.92 Å². The molecule has 0 bridgehead atoms. The number of hydroxylamine groups is 1. The molecule has 4 rings (SSSR count). The third kappa shape index (κ3) is 4.34. The molecule has 8 heteroatoms. The first kappa shape index (κ1) is 20.1. The van der Waals surface area contributed by atoms with Crippen LogP contribution in [-0.4, -0.2) is 58.7 Å². The summed E-state index contributed by atoms with van der Waals surface area (Å²) in [6, 6.07) is 14.5. The Hall–Kier alpha value is -3.23. The summed E-state index contributed by atoms with van der Waals surface area (Å²) in [7, 11) is 0. The average molecular weight is 408 g/mol. The molecule has 1 fully saturated rings. The van der Waals surface area contributed by atoms with Gasteiger partial charge in [-0.2, -0.15) is 0 Å². The van der Waals surface area contributed by atoms with E-state index in [1.165, 1.54) is 0 Å². The van der Waals surface area contributed by atoms with E-state index in [-0.39, 0.29) is 12.0 Å². The van der Waals surface area contributed by atoms with Crippen LogP contribution in [0.2, 0.25) is 0 Å². The van der Waals surface area contributed by atoms with Crippen LogP contribution in [0.4, 0.5) is 0 Å². The van der Waals surface area contributed by atoms with Crippen molar-refractivity contribution in [1.82, 2.24) is 20.7 Å². The molecule has 156 valence electrons. The van der Waals surface area contributed by atoms with Gasteiger partial charge in [-0.25, -0.2) is 10.5 Å². The van der Waals surface area contributed by atoms with Crippen LogP contribution < -0.4 is 15.5 Å². The van der Waals surface area contributed by atoms with Crippen LogP contribution in [-0.2, 0) is 9.59 Å². The molecule has 3 N–H and O–H groups in total. The van der Waals surface area contributed by atoms with Crippen LogP contribution in [0, 0.1) is 5.92 Å². The Morgan fingerprint density at radius 1 is 1.17 bits per heavy atom. The summed E-state index contributed by atoms with van der Waals surface area (Å²) in [5.74, 6) is -1.08. The van der Waals surface area contributed by atoms with E-state index in [0.717, 1.165) is 11.1 Å². The summed E-state index contributed by atoms with van der Waals surface area (Å²) >= 11 is 0. The highest BCUT2D eigenvalue weighted by Gasteiger charge is 2.42. The number of aromatic nitrogens is 1. The minimum atomic E-state index is -0.759. The summed E-state index contributed by atoms with van der Waals surface area (Å²) in [5, 5.41) is 12.3. The molecule has 30 heavy (non-hydrogen) atoms. The minimum Gasteiger partial charge on any atom is -0.473 e. The van der Waals surface area contributed by atoms with Gasteiger partial charge in [-0.3, -0.25) is 14.8 Å². The molecule has 2 amide bonds. The lowest BCUT2D eigenvalue weighted by Gasteiger charge is -2.36. The van der Waals surface area contributed by atoms with Crippen LogP contribution >= 0.6 is 0 Å². The SMILES string of the molecule is O=C(NO)[C@H]1C[C@H](Oc2ccccn2)CN[C@@H]1C(=O)N1CC=C(c2ccccc2)C1. The number of nitrogens with zero attached hydrogens (tertiary/aromatic N) is 2. The highest BCUT2D eigenvalue weighted by atomic mass is 16.5. The highest BCUT2D eigenvalue weighted by molar-refractivity contribution is 5.91. The molecule has 1 aromatic heterocycles. The molecule has 3 heterocycles. The van der Waals surface area contributed by atoms with Crippen molar-refractivity contribution in [3.05, 3.63) is 66.4 Å². The zero-order valence-electron chi connectivity index (χ0n) is 16.4. The Balaban J connectivity index is 1.42. The first-order valence-corrected chi connectivity index (χ1v) is 9.94. The molecule has 3 atom stereocenters. The number of benzene rings is 1. The topological polar surface area (TPSA) is 104 Å². The Kier molecular flexibility index (Phi) is 6.06. The molecule has 0 spiro atoms. The van der Waals surface area contributed by atoms with Crippen LogP contribution in [0.5, 0.6) is 5.88 Å². The molecule has 1 aromatic carbocycles. The molecule has 0 radical (unpaired) electrons. The van der Waals surface area contributed by atoms with Gasteiger partial charge >= 0.3 is 0 Å². The number of pyridine rings is 1. The van der Waals surface area contributed by atoms with Gasteiger partial charge in [0.15, 0.2) is 0 Å². The number of ether oxygens (including phenoxy) is 1.